The van der Waals surface area contributed by atoms with Crippen molar-refractivity contribution < 1.29 is 9.34 Å². The lowest BCUT2D eigenvalue weighted by Gasteiger charge is -2.03. The number of nitro groups is 1. The molecule has 0 aliphatic carbocycles. The molecule has 9 nitrogen and oxygen atoms in total. The summed E-state index contributed by atoms with van der Waals surface area (Å²) in [4.78, 5) is 37.5. The average Bonchev–Trinajstić information content (AvgIpc) is 2.87. The smallest absolute Gasteiger partial charge is 0.360 e. The van der Waals surface area contributed by atoms with Gasteiger partial charge in [-0.3, -0.25) is 10.1 Å². The van der Waals surface area contributed by atoms with Gasteiger partial charge in [-0.2, -0.15) is 0 Å². The van der Waals surface area contributed by atoms with Crippen molar-refractivity contribution in [2.24, 2.45) is 0 Å². The Morgan fingerprint density at radius 3 is 2.55 bits per heavy atom. The third-order valence-corrected chi connectivity index (χ3v) is 2.69. The Kier molecular flexibility index (Phi) is 2.46. The fourth-order valence-electron chi connectivity index (χ4n) is 1.76. The van der Waals surface area contributed by atoms with Crippen LogP contribution in [0.3, 0.4) is 0 Å². The largest absolute Gasteiger partial charge is 0.431 e. The van der Waals surface area contributed by atoms with Crippen molar-refractivity contribution in [3.63, 3.8) is 0 Å². The van der Waals surface area contributed by atoms with E-state index in [2.05, 4.69) is 4.98 Å². The Labute approximate surface area is 109 Å². The summed E-state index contributed by atoms with van der Waals surface area (Å²) in [5, 5.41) is 10.6. The molecule has 0 radical (unpaired) electrons. The van der Waals surface area contributed by atoms with Crippen LogP contribution in [0.2, 0.25) is 0 Å². The van der Waals surface area contributed by atoms with Crippen LogP contribution in [0, 0.1) is 10.1 Å². The van der Waals surface area contributed by atoms with Crippen LogP contribution in [0.15, 0.2) is 50.7 Å². The van der Waals surface area contributed by atoms with Gasteiger partial charge in [0.05, 0.1) is 16.8 Å². The molecule has 0 spiro atoms. The summed E-state index contributed by atoms with van der Waals surface area (Å²) < 4.78 is 6.73. The molecule has 0 saturated heterocycles. The minimum atomic E-state index is -0.821. The van der Waals surface area contributed by atoms with E-state index >= 15 is 0 Å². The number of nitro benzene ring substituents is 1. The fourth-order valence-corrected chi connectivity index (χ4v) is 1.76. The molecular weight excluding hydrogens is 268 g/mol. The van der Waals surface area contributed by atoms with E-state index in [4.69, 9.17) is 4.42 Å². The summed E-state index contributed by atoms with van der Waals surface area (Å²) in [5.41, 5.74) is -1.44. The van der Waals surface area contributed by atoms with Crippen molar-refractivity contribution in [1.29, 1.82) is 0 Å². The van der Waals surface area contributed by atoms with Crippen LogP contribution in [0.4, 0.5) is 5.69 Å². The van der Waals surface area contributed by atoms with Gasteiger partial charge < -0.3 is 4.42 Å². The zero-order valence-electron chi connectivity index (χ0n) is 9.79. The van der Waals surface area contributed by atoms with E-state index in [0.29, 0.717) is 0 Å². The number of benzene rings is 1. The van der Waals surface area contributed by atoms with Crippen LogP contribution in [0.5, 0.6) is 0 Å². The van der Waals surface area contributed by atoms with Crippen molar-refractivity contribution in [3.05, 3.63) is 67.8 Å². The van der Waals surface area contributed by atoms with Crippen LogP contribution in [-0.4, -0.2) is 18.9 Å². The van der Waals surface area contributed by atoms with Crippen LogP contribution >= 0.6 is 0 Å². The van der Waals surface area contributed by atoms with Gasteiger partial charge in [0.15, 0.2) is 0 Å². The SMILES string of the molecule is O=c1nc2occn2c(=O)n1-c1ccc([N+](=O)[O-])cc1. The first-order chi connectivity index (χ1) is 9.58. The maximum Gasteiger partial charge on any atom is 0.360 e. The van der Waals surface area contributed by atoms with Gasteiger partial charge in [0, 0.05) is 12.1 Å². The van der Waals surface area contributed by atoms with E-state index in [-0.39, 0.29) is 17.2 Å². The molecule has 0 unspecified atom stereocenters. The number of hydrogen-bond donors (Lipinski definition) is 0. The number of fused-ring (bicyclic) bond motifs is 1. The molecule has 0 amide bonds. The molecule has 0 saturated carbocycles. The highest BCUT2D eigenvalue weighted by atomic mass is 16.6. The monoisotopic (exact) mass is 274 g/mol. The number of nitrogens with zero attached hydrogens (tertiary/aromatic N) is 4. The van der Waals surface area contributed by atoms with E-state index < -0.39 is 16.3 Å². The highest BCUT2D eigenvalue weighted by molar-refractivity contribution is 5.40. The second-order valence-corrected chi connectivity index (χ2v) is 3.84. The van der Waals surface area contributed by atoms with Gasteiger partial charge >= 0.3 is 17.2 Å². The van der Waals surface area contributed by atoms with Crippen LogP contribution in [0.25, 0.3) is 11.5 Å². The van der Waals surface area contributed by atoms with Crippen LogP contribution in [0.1, 0.15) is 0 Å². The lowest BCUT2D eigenvalue weighted by Crippen LogP contribution is -2.37. The zero-order valence-corrected chi connectivity index (χ0v) is 9.79. The summed E-state index contributed by atoms with van der Waals surface area (Å²) in [5.74, 6) is -0.113. The molecule has 0 N–H and O–H groups in total. The second kappa shape index (κ2) is 4.16. The van der Waals surface area contributed by atoms with Crippen molar-refractivity contribution in [3.8, 4) is 5.69 Å². The maximum atomic E-state index is 12.1. The number of hydrogen-bond acceptors (Lipinski definition) is 6. The Morgan fingerprint density at radius 2 is 1.90 bits per heavy atom. The van der Waals surface area contributed by atoms with E-state index in [1.807, 2.05) is 0 Å². The van der Waals surface area contributed by atoms with Gasteiger partial charge in [-0.05, 0) is 12.1 Å². The molecule has 0 aliphatic heterocycles. The Morgan fingerprint density at radius 1 is 1.20 bits per heavy atom. The van der Waals surface area contributed by atoms with Gasteiger partial charge in [-0.15, -0.1) is 4.98 Å². The predicted octanol–water partition coefficient (Wildman–Crippen LogP) is 0.347. The van der Waals surface area contributed by atoms with E-state index in [1.54, 1.807) is 0 Å². The van der Waals surface area contributed by atoms with Gasteiger partial charge in [0.2, 0.25) is 0 Å². The van der Waals surface area contributed by atoms with Crippen molar-refractivity contribution in [2.75, 3.05) is 0 Å². The van der Waals surface area contributed by atoms with Crippen molar-refractivity contribution in [2.45, 2.75) is 0 Å². The minimum absolute atomic E-state index is 0.113. The molecule has 100 valence electrons. The number of aromatic nitrogens is 3. The van der Waals surface area contributed by atoms with Gasteiger partial charge in [-0.25, -0.2) is 18.6 Å². The molecular formula is C11H6N4O5. The molecule has 3 aromatic rings. The molecule has 0 bridgehead atoms. The molecule has 9 heteroatoms. The average molecular weight is 274 g/mol. The van der Waals surface area contributed by atoms with E-state index in [1.165, 1.54) is 36.7 Å². The molecule has 2 heterocycles. The lowest BCUT2D eigenvalue weighted by atomic mass is 10.3. The first-order valence-electron chi connectivity index (χ1n) is 5.41. The van der Waals surface area contributed by atoms with Gasteiger partial charge in [0.25, 0.3) is 5.69 Å². The highest BCUT2D eigenvalue weighted by Crippen LogP contribution is 2.13. The quantitative estimate of drug-likeness (QED) is 0.492. The summed E-state index contributed by atoms with van der Waals surface area (Å²) in [6, 6.07) is 5.00. The second-order valence-electron chi connectivity index (χ2n) is 3.84. The standard InChI is InChI=1S/C11H6N4O5/c16-9-12-10-13(5-6-20-10)11(17)14(9)7-1-3-8(4-2-7)15(18)19/h1-6H. The van der Waals surface area contributed by atoms with Crippen LogP contribution < -0.4 is 11.4 Å². The van der Waals surface area contributed by atoms with Gasteiger partial charge in [-0.1, -0.05) is 0 Å². The summed E-state index contributed by atoms with van der Waals surface area (Å²) in [7, 11) is 0. The summed E-state index contributed by atoms with van der Waals surface area (Å²) in [6.45, 7) is 0. The Balaban J connectivity index is 2.26. The zero-order chi connectivity index (χ0) is 14.3. The highest BCUT2D eigenvalue weighted by Gasteiger charge is 2.12. The Hall–Kier alpha value is -3.23. The molecule has 0 aliphatic rings. The van der Waals surface area contributed by atoms with Crippen molar-refractivity contribution >= 4 is 11.5 Å². The first-order valence-corrected chi connectivity index (χ1v) is 5.41. The normalized spacial score (nSPS) is 10.8. The molecule has 20 heavy (non-hydrogen) atoms. The summed E-state index contributed by atoms with van der Waals surface area (Å²) >= 11 is 0. The Bertz CT molecular complexity index is 918. The third-order valence-electron chi connectivity index (χ3n) is 2.69. The van der Waals surface area contributed by atoms with Crippen molar-refractivity contribution in [1.82, 2.24) is 14.0 Å². The van der Waals surface area contributed by atoms with E-state index in [9.17, 15) is 19.7 Å². The fraction of sp³-hybridized carbons (Fsp3) is 0. The maximum absolute atomic E-state index is 12.1. The third kappa shape index (κ3) is 1.68. The van der Waals surface area contributed by atoms with E-state index in [0.717, 1.165) is 8.97 Å². The first kappa shape index (κ1) is 11.8. The molecule has 2 aromatic heterocycles. The van der Waals surface area contributed by atoms with Gasteiger partial charge in [0.1, 0.15) is 6.26 Å². The minimum Gasteiger partial charge on any atom is -0.431 e. The number of rotatable bonds is 2. The molecule has 0 atom stereocenters. The topological polar surface area (TPSA) is 113 Å². The molecule has 3 rings (SSSR count). The number of oxazole rings is 1. The number of non-ortho nitro benzene ring substituents is 1. The predicted molar refractivity (Wildman–Crippen MR) is 66.0 cm³/mol. The lowest BCUT2D eigenvalue weighted by molar-refractivity contribution is -0.384. The molecule has 1 aromatic carbocycles. The van der Waals surface area contributed by atoms with Crippen LogP contribution in [-0.2, 0) is 0 Å². The molecule has 0 fully saturated rings. The summed E-state index contributed by atoms with van der Waals surface area (Å²) in [6.07, 6.45) is 2.55.